The third kappa shape index (κ3) is 5.93. The van der Waals surface area contributed by atoms with Gasteiger partial charge < -0.3 is 5.32 Å². The first-order chi connectivity index (χ1) is 10.8. The Labute approximate surface area is 139 Å². The molecule has 130 valence electrons. The highest BCUT2D eigenvalue weighted by atomic mass is 32.2. The average Bonchev–Trinajstić information content (AvgIpc) is 2.51. The van der Waals surface area contributed by atoms with Gasteiger partial charge >= 0.3 is 0 Å². The summed E-state index contributed by atoms with van der Waals surface area (Å²) in [6, 6.07) is 5.65. The Kier molecular flexibility index (Phi) is 7.67. The molecule has 1 aromatic rings. The van der Waals surface area contributed by atoms with E-state index in [2.05, 4.69) is 24.1 Å². The van der Waals surface area contributed by atoms with Gasteiger partial charge in [0.05, 0.1) is 11.1 Å². The third-order valence-corrected chi connectivity index (χ3v) is 4.52. The number of amides is 1. The molecule has 0 fully saturated rings. The van der Waals surface area contributed by atoms with Crippen LogP contribution in [0.15, 0.2) is 29.2 Å². The number of nitrogens with one attached hydrogen (secondary N) is 1. The Hall–Kier alpha value is -1.44. The molecule has 1 aromatic carbocycles. The van der Waals surface area contributed by atoms with Crippen LogP contribution in [0.5, 0.6) is 0 Å². The molecular formula is C16H27N3O3S. The number of primary sulfonamides is 1. The maximum atomic E-state index is 12.4. The molecule has 3 N–H and O–H groups in total. The molecule has 0 saturated heterocycles. The Morgan fingerprint density at radius 1 is 1.13 bits per heavy atom. The largest absolute Gasteiger partial charge is 0.337 e. The van der Waals surface area contributed by atoms with Crippen molar-refractivity contribution >= 4 is 15.9 Å². The van der Waals surface area contributed by atoms with Crippen molar-refractivity contribution in [3.8, 4) is 0 Å². The second kappa shape index (κ2) is 9.00. The zero-order chi connectivity index (χ0) is 17.5. The van der Waals surface area contributed by atoms with Gasteiger partial charge in [-0.15, -0.1) is 0 Å². The van der Waals surface area contributed by atoms with Crippen molar-refractivity contribution < 1.29 is 13.2 Å². The summed E-state index contributed by atoms with van der Waals surface area (Å²) in [5.74, 6) is -0.213. The fraction of sp³-hybridized carbons (Fsp3) is 0.562. The Morgan fingerprint density at radius 2 is 1.65 bits per heavy atom. The van der Waals surface area contributed by atoms with Crippen LogP contribution in [-0.4, -0.2) is 38.5 Å². The predicted octanol–water partition coefficient (Wildman–Crippen LogP) is 1.92. The van der Waals surface area contributed by atoms with E-state index in [-0.39, 0.29) is 17.0 Å². The second-order valence-corrected chi connectivity index (χ2v) is 7.06. The molecule has 0 aliphatic rings. The molecule has 0 aliphatic carbocycles. The number of benzene rings is 1. The topological polar surface area (TPSA) is 92.5 Å². The lowest BCUT2D eigenvalue weighted by atomic mass is 10.2. The summed E-state index contributed by atoms with van der Waals surface area (Å²) in [4.78, 5) is 14.6. The monoisotopic (exact) mass is 341 g/mol. The van der Waals surface area contributed by atoms with Gasteiger partial charge in [-0.25, -0.2) is 13.6 Å². The van der Waals surface area contributed by atoms with Crippen LogP contribution in [-0.2, 0) is 10.0 Å². The number of hydrogen-bond donors (Lipinski definition) is 2. The molecule has 0 spiro atoms. The molecule has 0 saturated carbocycles. The van der Waals surface area contributed by atoms with Crippen molar-refractivity contribution in [2.75, 3.05) is 13.1 Å². The molecule has 0 radical (unpaired) electrons. The maximum absolute atomic E-state index is 12.4. The van der Waals surface area contributed by atoms with Crippen LogP contribution in [0.25, 0.3) is 0 Å². The van der Waals surface area contributed by atoms with E-state index in [0.29, 0.717) is 5.56 Å². The molecule has 1 unspecified atom stereocenters. The lowest BCUT2D eigenvalue weighted by Crippen LogP contribution is -2.48. The minimum atomic E-state index is -3.74. The van der Waals surface area contributed by atoms with Gasteiger partial charge in [0.1, 0.15) is 0 Å². The van der Waals surface area contributed by atoms with E-state index in [1.165, 1.54) is 24.3 Å². The Morgan fingerprint density at radius 3 is 2.04 bits per heavy atom. The van der Waals surface area contributed by atoms with E-state index in [0.717, 1.165) is 32.4 Å². The van der Waals surface area contributed by atoms with Crippen LogP contribution in [0.4, 0.5) is 0 Å². The average molecular weight is 341 g/mol. The van der Waals surface area contributed by atoms with Crippen molar-refractivity contribution in [1.82, 2.24) is 10.2 Å². The van der Waals surface area contributed by atoms with Gasteiger partial charge in [0.2, 0.25) is 10.0 Å². The zero-order valence-corrected chi connectivity index (χ0v) is 14.9. The lowest BCUT2D eigenvalue weighted by Gasteiger charge is -2.31. The van der Waals surface area contributed by atoms with Crippen molar-refractivity contribution in [3.05, 3.63) is 29.8 Å². The van der Waals surface area contributed by atoms with Crippen LogP contribution < -0.4 is 10.5 Å². The van der Waals surface area contributed by atoms with Gasteiger partial charge in [-0.1, -0.05) is 20.8 Å². The first kappa shape index (κ1) is 19.6. The summed E-state index contributed by atoms with van der Waals surface area (Å²) in [5, 5.41) is 8.07. The summed E-state index contributed by atoms with van der Waals surface area (Å²) < 4.78 is 22.5. The summed E-state index contributed by atoms with van der Waals surface area (Å²) in [6.45, 7) is 8.12. The minimum absolute atomic E-state index is 0.000293. The van der Waals surface area contributed by atoms with Crippen LogP contribution in [0, 0.1) is 0 Å². The molecule has 0 bridgehead atoms. The number of rotatable bonds is 9. The van der Waals surface area contributed by atoms with Gasteiger partial charge in [-0.3, -0.25) is 9.69 Å². The van der Waals surface area contributed by atoms with E-state index in [4.69, 9.17) is 5.14 Å². The SMILES string of the molecule is CCCN(CCC)C(CC)NC(=O)c1ccc(S(N)(=O)=O)cc1. The molecule has 0 heterocycles. The van der Waals surface area contributed by atoms with Gasteiger partial charge in [-0.2, -0.15) is 0 Å². The molecular weight excluding hydrogens is 314 g/mol. The smallest absolute Gasteiger partial charge is 0.252 e. The first-order valence-electron chi connectivity index (χ1n) is 8.01. The Bertz CT molecular complexity index is 594. The van der Waals surface area contributed by atoms with Gasteiger partial charge in [0.25, 0.3) is 5.91 Å². The number of nitrogens with two attached hydrogens (primary N) is 1. The molecule has 7 heteroatoms. The maximum Gasteiger partial charge on any atom is 0.252 e. The fourth-order valence-corrected chi connectivity index (χ4v) is 3.00. The van der Waals surface area contributed by atoms with E-state index in [9.17, 15) is 13.2 Å². The molecule has 0 aromatic heterocycles. The summed E-state index contributed by atoms with van der Waals surface area (Å²) in [6.07, 6.45) is 2.83. The number of nitrogens with zero attached hydrogens (tertiary/aromatic N) is 1. The lowest BCUT2D eigenvalue weighted by molar-refractivity contribution is 0.0840. The van der Waals surface area contributed by atoms with E-state index < -0.39 is 10.0 Å². The van der Waals surface area contributed by atoms with Gasteiger partial charge in [0, 0.05) is 5.56 Å². The number of carbonyl (C=O) groups is 1. The summed E-state index contributed by atoms with van der Waals surface area (Å²) >= 11 is 0. The molecule has 1 amide bonds. The number of carbonyl (C=O) groups excluding carboxylic acids is 1. The highest BCUT2D eigenvalue weighted by molar-refractivity contribution is 7.89. The third-order valence-electron chi connectivity index (χ3n) is 3.59. The van der Waals surface area contributed by atoms with Crippen molar-refractivity contribution in [1.29, 1.82) is 0 Å². The molecule has 23 heavy (non-hydrogen) atoms. The first-order valence-corrected chi connectivity index (χ1v) is 9.55. The van der Waals surface area contributed by atoms with E-state index in [1.807, 2.05) is 6.92 Å². The van der Waals surface area contributed by atoms with Crippen LogP contribution in [0.3, 0.4) is 0 Å². The zero-order valence-electron chi connectivity index (χ0n) is 14.1. The second-order valence-electron chi connectivity index (χ2n) is 5.50. The van der Waals surface area contributed by atoms with Crippen LogP contribution in [0.2, 0.25) is 0 Å². The number of sulfonamides is 1. The Balaban J connectivity index is 2.83. The van der Waals surface area contributed by atoms with Crippen molar-refractivity contribution in [3.63, 3.8) is 0 Å². The fourth-order valence-electron chi connectivity index (χ4n) is 2.48. The van der Waals surface area contributed by atoms with E-state index >= 15 is 0 Å². The minimum Gasteiger partial charge on any atom is -0.337 e. The van der Waals surface area contributed by atoms with Crippen molar-refractivity contribution in [2.24, 2.45) is 5.14 Å². The highest BCUT2D eigenvalue weighted by Gasteiger charge is 2.18. The van der Waals surface area contributed by atoms with Crippen molar-refractivity contribution in [2.45, 2.75) is 51.1 Å². The molecule has 1 atom stereocenters. The van der Waals surface area contributed by atoms with Gasteiger partial charge in [0.15, 0.2) is 0 Å². The molecule has 1 rings (SSSR count). The number of hydrogen-bond acceptors (Lipinski definition) is 4. The predicted molar refractivity (Wildman–Crippen MR) is 91.5 cm³/mol. The molecule has 0 aliphatic heterocycles. The summed E-state index contributed by atoms with van der Waals surface area (Å²) in [7, 11) is -3.74. The van der Waals surface area contributed by atoms with Crippen LogP contribution in [0.1, 0.15) is 50.4 Å². The highest BCUT2D eigenvalue weighted by Crippen LogP contribution is 2.10. The summed E-state index contributed by atoms with van der Waals surface area (Å²) in [5.41, 5.74) is 0.420. The quantitative estimate of drug-likeness (QED) is 0.671. The standard InChI is InChI=1S/C16H27N3O3S/c1-4-11-19(12-5-2)15(6-3)18-16(20)13-7-9-14(10-8-13)23(17,21)22/h7-10,15H,4-6,11-12H2,1-3H3,(H,18,20)(H2,17,21,22). The van der Waals surface area contributed by atoms with Crippen LogP contribution >= 0.6 is 0 Å². The van der Waals surface area contributed by atoms with E-state index in [1.54, 1.807) is 0 Å². The molecule has 6 nitrogen and oxygen atoms in total. The van der Waals surface area contributed by atoms with Gasteiger partial charge in [-0.05, 0) is 56.6 Å². The normalized spacial score (nSPS) is 13.1.